The van der Waals surface area contributed by atoms with Gasteiger partial charge in [0.1, 0.15) is 0 Å². The van der Waals surface area contributed by atoms with Gasteiger partial charge in [-0.1, -0.05) is 39.0 Å². The van der Waals surface area contributed by atoms with Crippen LogP contribution in [0.4, 0.5) is 5.69 Å². The van der Waals surface area contributed by atoms with Crippen LogP contribution in [0, 0.1) is 20.8 Å². The summed E-state index contributed by atoms with van der Waals surface area (Å²) < 4.78 is 7.10. The highest BCUT2D eigenvalue weighted by molar-refractivity contribution is 5.93. The maximum Gasteiger partial charge on any atom is 0.338 e. The lowest BCUT2D eigenvalue weighted by atomic mass is 9.87. The minimum absolute atomic E-state index is 0.133. The third kappa shape index (κ3) is 4.23. The van der Waals surface area contributed by atoms with Crippen LogP contribution in [0.1, 0.15) is 59.2 Å². The average Bonchev–Trinajstić information content (AvgIpc) is 2.99. The molecule has 0 fully saturated rings. The molecule has 3 rings (SSSR count). The minimum Gasteiger partial charge on any atom is -0.465 e. The monoisotopic (exact) mass is 402 g/mol. The Labute approximate surface area is 179 Å². The second kappa shape index (κ2) is 8.31. The summed E-state index contributed by atoms with van der Waals surface area (Å²) in [6.45, 7) is 12.8. The van der Waals surface area contributed by atoms with Gasteiger partial charge in [-0.15, -0.1) is 0 Å². The molecule has 0 aliphatic heterocycles. The van der Waals surface area contributed by atoms with Gasteiger partial charge in [-0.25, -0.2) is 4.79 Å². The Morgan fingerprint density at radius 3 is 2.30 bits per heavy atom. The Bertz CT molecular complexity index is 1100. The lowest BCUT2D eigenvalue weighted by molar-refractivity contribution is 0.0600. The number of carbonyl (C=O) groups excluding carboxylic acids is 1. The predicted molar refractivity (Wildman–Crippen MR) is 124 cm³/mol. The molecule has 0 aliphatic rings. The van der Waals surface area contributed by atoms with Gasteiger partial charge in [-0.05, 0) is 67.6 Å². The number of benzene rings is 2. The number of hydrogen-bond acceptors (Lipinski definition) is 3. The summed E-state index contributed by atoms with van der Waals surface area (Å²) in [6.07, 6.45) is 1.87. The van der Waals surface area contributed by atoms with Crippen molar-refractivity contribution < 1.29 is 9.53 Å². The Hall–Kier alpha value is -3.14. The summed E-state index contributed by atoms with van der Waals surface area (Å²) in [5.74, 6) is -0.346. The van der Waals surface area contributed by atoms with Crippen molar-refractivity contribution in [3.05, 3.63) is 82.2 Å². The van der Waals surface area contributed by atoms with Gasteiger partial charge >= 0.3 is 5.97 Å². The van der Waals surface area contributed by atoms with Crippen LogP contribution in [-0.4, -0.2) is 23.9 Å². The first-order valence-corrected chi connectivity index (χ1v) is 10.2. The molecule has 1 heterocycles. The second-order valence-corrected chi connectivity index (χ2v) is 8.66. The molecular formula is C26H30N2O2. The van der Waals surface area contributed by atoms with E-state index in [2.05, 4.69) is 74.5 Å². The number of aryl methyl sites for hydroxylation is 1. The highest BCUT2D eigenvalue weighted by Gasteiger charge is 2.15. The Kier molecular flexibility index (Phi) is 5.97. The lowest BCUT2D eigenvalue weighted by Crippen LogP contribution is -2.11. The van der Waals surface area contributed by atoms with E-state index in [1.165, 1.54) is 12.7 Å². The smallest absolute Gasteiger partial charge is 0.338 e. The summed E-state index contributed by atoms with van der Waals surface area (Å²) in [6, 6.07) is 16.4. The molecule has 0 N–H and O–H groups in total. The number of rotatable bonds is 4. The molecule has 0 spiro atoms. The SMILES string of the molecule is COC(=O)c1cccc(N=Cc2cc(C)n(-c3ccc(C(C)(C)C)cc3)c2C)c1C. The van der Waals surface area contributed by atoms with E-state index < -0.39 is 0 Å². The van der Waals surface area contributed by atoms with Gasteiger partial charge in [-0.3, -0.25) is 4.99 Å². The van der Waals surface area contributed by atoms with E-state index in [-0.39, 0.29) is 11.4 Å². The van der Waals surface area contributed by atoms with Crippen LogP contribution >= 0.6 is 0 Å². The maximum atomic E-state index is 11.9. The molecule has 2 aromatic carbocycles. The van der Waals surface area contributed by atoms with Crippen LogP contribution in [0.2, 0.25) is 0 Å². The van der Waals surface area contributed by atoms with Gasteiger partial charge in [0.05, 0.1) is 18.4 Å². The number of hydrogen-bond donors (Lipinski definition) is 0. The van der Waals surface area contributed by atoms with Gasteiger partial charge < -0.3 is 9.30 Å². The largest absolute Gasteiger partial charge is 0.465 e. The number of ether oxygens (including phenoxy) is 1. The highest BCUT2D eigenvalue weighted by atomic mass is 16.5. The quantitative estimate of drug-likeness (QED) is 0.383. The average molecular weight is 403 g/mol. The highest BCUT2D eigenvalue weighted by Crippen LogP contribution is 2.26. The third-order valence-electron chi connectivity index (χ3n) is 5.52. The zero-order valence-corrected chi connectivity index (χ0v) is 18.9. The van der Waals surface area contributed by atoms with E-state index in [1.54, 1.807) is 6.07 Å². The molecule has 156 valence electrons. The van der Waals surface area contributed by atoms with Crippen molar-refractivity contribution in [1.82, 2.24) is 4.57 Å². The fraction of sp³-hybridized carbons (Fsp3) is 0.308. The lowest BCUT2D eigenvalue weighted by Gasteiger charge is -2.20. The molecule has 0 aliphatic carbocycles. The van der Waals surface area contributed by atoms with Crippen molar-refractivity contribution in [2.45, 2.75) is 47.0 Å². The topological polar surface area (TPSA) is 43.6 Å². The van der Waals surface area contributed by atoms with Crippen LogP contribution in [0.3, 0.4) is 0 Å². The summed E-state index contributed by atoms with van der Waals surface area (Å²) in [5, 5.41) is 0. The molecule has 30 heavy (non-hydrogen) atoms. The molecule has 4 nitrogen and oxygen atoms in total. The fourth-order valence-corrected chi connectivity index (χ4v) is 3.66. The van der Waals surface area contributed by atoms with Gasteiger partial charge in [0.2, 0.25) is 0 Å². The molecule has 0 saturated carbocycles. The van der Waals surface area contributed by atoms with Gasteiger partial charge in [-0.2, -0.15) is 0 Å². The zero-order valence-electron chi connectivity index (χ0n) is 18.9. The summed E-state index contributed by atoms with van der Waals surface area (Å²) >= 11 is 0. The standard InChI is InChI=1S/C26H30N2O2/c1-17-15-20(16-27-24-10-8-9-23(18(24)2)25(29)30-7)19(3)28(17)22-13-11-21(12-14-22)26(4,5)6/h8-16H,1-7H3. The first kappa shape index (κ1) is 21.6. The molecule has 0 radical (unpaired) electrons. The number of aliphatic imine (C=N–C) groups is 1. The van der Waals surface area contributed by atoms with Crippen molar-refractivity contribution in [3.63, 3.8) is 0 Å². The van der Waals surface area contributed by atoms with E-state index in [1.807, 2.05) is 25.3 Å². The fourth-order valence-electron chi connectivity index (χ4n) is 3.66. The zero-order chi connectivity index (χ0) is 22.1. The number of nitrogens with zero attached hydrogens (tertiary/aromatic N) is 2. The number of methoxy groups -OCH3 is 1. The van der Waals surface area contributed by atoms with Crippen LogP contribution in [-0.2, 0) is 10.2 Å². The molecule has 3 aromatic rings. The van der Waals surface area contributed by atoms with Crippen LogP contribution in [0.25, 0.3) is 5.69 Å². The summed E-state index contributed by atoms with van der Waals surface area (Å²) in [7, 11) is 1.39. The maximum absolute atomic E-state index is 11.9. The van der Waals surface area contributed by atoms with Crippen molar-refractivity contribution in [2.24, 2.45) is 4.99 Å². The van der Waals surface area contributed by atoms with Gasteiger partial charge in [0.15, 0.2) is 0 Å². The third-order valence-corrected chi connectivity index (χ3v) is 5.52. The van der Waals surface area contributed by atoms with E-state index >= 15 is 0 Å². The van der Waals surface area contributed by atoms with Gasteiger partial charge in [0.25, 0.3) is 0 Å². The minimum atomic E-state index is -0.346. The van der Waals surface area contributed by atoms with Crippen molar-refractivity contribution in [2.75, 3.05) is 7.11 Å². The van der Waals surface area contributed by atoms with Crippen LogP contribution < -0.4 is 0 Å². The van der Waals surface area contributed by atoms with Crippen LogP contribution in [0.15, 0.2) is 53.5 Å². The summed E-state index contributed by atoms with van der Waals surface area (Å²) in [5.41, 5.74) is 8.03. The van der Waals surface area contributed by atoms with E-state index in [9.17, 15) is 4.79 Å². The number of aromatic nitrogens is 1. The van der Waals surface area contributed by atoms with Crippen LogP contribution in [0.5, 0.6) is 0 Å². The van der Waals surface area contributed by atoms with Crippen molar-refractivity contribution >= 4 is 17.9 Å². The molecule has 4 heteroatoms. The molecule has 0 amide bonds. The molecule has 0 atom stereocenters. The molecule has 0 bridgehead atoms. The Morgan fingerprint density at radius 1 is 1.03 bits per heavy atom. The van der Waals surface area contributed by atoms with Gasteiger partial charge in [0, 0.05) is 28.9 Å². The van der Waals surface area contributed by atoms with E-state index in [4.69, 9.17) is 4.74 Å². The molecular weight excluding hydrogens is 372 g/mol. The second-order valence-electron chi connectivity index (χ2n) is 8.66. The first-order valence-electron chi connectivity index (χ1n) is 10.2. The Morgan fingerprint density at radius 2 is 1.70 bits per heavy atom. The molecule has 0 saturated heterocycles. The Balaban J connectivity index is 1.94. The van der Waals surface area contributed by atoms with E-state index in [0.29, 0.717) is 5.56 Å². The normalized spacial score (nSPS) is 11.8. The first-order chi connectivity index (χ1) is 14.1. The van der Waals surface area contributed by atoms with Crippen molar-refractivity contribution in [1.29, 1.82) is 0 Å². The predicted octanol–water partition coefficient (Wildman–Crippen LogP) is 6.24. The summed E-state index contributed by atoms with van der Waals surface area (Å²) in [4.78, 5) is 16.6. The van der Waals surface area contributed by atoms with E-state index in [0.717, 1.165) is 33.9 Å². The molecule has 0 unspecified atom stereocenters. The molecule has 1 aromatic heterocycles. The van der Waals surface area contributed by atoms with Crippen molar-refractivity contribution in [3.8, 4) is 5.69 Å². The number of carbonyl (C=O) groups is 1. The number of esters is 1.